The summed E-state index contributed by atoms with van der Waals surface area (Å²) >= 11 is 0. The van der Waals surface area contributed by atoms with Gasteiger partial charge in [0.15, 0.2) is 0 Å². The molecule has 1 fully saturated rings. The van der Waals surface area contributed by atoms with Gasteiger partial charge in [-0.2, -0.15) is 0 Å². The fraction of sp³-hybridized carbons (Fsp3) is 0.700. The van der Waals surface area contributed by atoms with Crippen LogP contribution < -0.4 is 0 Å². The normalized spacial score (nSPS) is 28.4. The first-order chi connectivity index (χ1) is 9.67. The highest BCUT2D eigenvalue weighted by atomic mass is 14.3. The van der Waals surface area contributed by atoms with Crippen molar-refractivity contribution >= 4 is 0 Å². The van der Waals surface area contributed by atoms with Gasteiger partial charge in [0.25, 0.3) is 0 Å². The van der Waals surface area contributed by atoms with Crippen LogP contribution in [0.4, 0.5) is 0 Å². The zero-order valence-electron chi connectivity index (χ0n) is 13.7. The van der Waals surface area contributed by atoms with Crippen LogP contribution in [0.25, 0.3) is 0 Å². The van der Waals surface area contributed by atoms with E-state index in [-0.39, 0.29) is 0 Å². The topological polar surface area (TPSA) is 0 Å². The molecule has 0 heteroatoms. The lowest BCUT2D eigenvalue weighted by Crippen LogP contribution is -2.21. The minimum atomic E-state index is 0.750. The summed E-state index contributed by atoms with van der Waals surface area (Å²) in [5.74, 6) is 3.30. The predicted octanol–water partition coefficient (Wildman–Crippen LogP) is 6.55. The van der Waals surface area contributed by atoms with Gasteiger partial charge >= 0.3 is 0 Å². The Kier molecular flexibility index (Phi) is 8.65. The van der Waals surface area contributed by atoms with Crippen molar-refractivity contribution in [3.63, 3.8) is 0 Å². The molecule has 0 nitrogen and oxygen atoms in total. The zero-order chi connectivity index (χ0) is 14.8. The Balaban J connectivity index is 2.17. The standard InChI is InChI=1S/C20H34/c1-5-7-8-11-17(3)12-9-10-13-19-15-14-18(4)20(6-2)16-19/h5-6,9-10,17-20H,1-2,7-8,11-16H2,3-4H3/b10-9+. The summed E-state index contributed by atoms with van der Waals surface area (Å²) in [7, 11) is 0. The Morgan fingerprint density at radius 3 is 2.70 bits per heavy atom. The van der Waals surface area contributed by atoms with E-state index < -0.39 is 0 Å². The summed E-state index contributed by atoms with van der Waals surface area (Å²) < 4.78 is 0. The first kappa shape index (κ1) is 17.3. The van der Waals surface area contributed by atoms with E-state index in [0.717, 1.165) is 30.1 Å². The molecule has 0 aliphatic heterocycles. The number of rotatable bonds is 9. The third-order valence-corrected chi connectivity index (χ3v) is 4.95. The van der Waals surface area contributed by atoms with Gasteiger partial charge in [0.1, 0.15) is 0 Å². The molecular formula is C20H34. The number of hydrogen-bond donors (Lipinski definition) is 0. The molecular weight excluding hydrogens is 240 g/mol. The van der Waals surface area contributed by atoms with Crippen LogP contribution in [0.15, 0.2) is 37.5 Å². The van der Waals surface area contributed by atoms with Crippen LogP contribution in [0.2, 0.25) is 0 Å². The molecule has 20 heavy (non-hydrogen) atoms. The van der Waals surface area contributed by atoms with Crippen LogP contribution in [-0.2, 0) is 0 Å². The van der Waals surface area contributed by atoms with Crippen LogP contribution >= 0.6 is 0 Å². The molecule has 1 rings (SSSR count). The van der Waals surface area contributed by atoms with Gasteiger partial charge in [-0.05, 0) is 68.6 Å². The largest absolute Gasteiger partial charge is 0.103 e. The van der Waals surface area contributed by atoms with E-state index in [1.54, 1.807) is 0 Å². The summed E-state index contributed by atoms with van der Waals surface area (Å²) in [6, 6.07) is 0. The van der Waals surface area contributed by atoms with Gasteiger partial charge in [0, 0.05) is 0 Å². The molecule has 0 heterocycles. The second kappa shape index (κ2) is 10.0. The molecule has 1 aliphatic rings. The van der Waals surface area contributed by atoms with Gasteiger partial charge in [0.05, 0.1) is 0 Å². The van der Waals surface area contributed by atoms with Gasteiger partial charge in [-0.25, -0.2) is 0 Å². The number of hydrogen-bond acceptors (Lipinski definition) is 0. The quantitative estimate of drug-likeness (QED) is 0.330. The van der Waals surface area contributed by atoms with Crippen molar-refractivity contribution in [2.75, 3.05) is 0 Å². The minimum absolute atomic E-state index is 0.750. The Morgan fingerprint density at radius 1 is 1.20 bits per heavy atom. The molecule has 1 aliphatic carbocycles. The molecule has 0 bridgehead atoms. The third kappa shape index (κ3) is 6.59. The monoisotopic (exact) mass is 274 g/mol. The maximum absolute atomic E-state index is 4.00. The first-order valence-corrected chi connectivity index (χ1v) is 8.55. The molecule has 0 saturated heterocycles. The zero-order valence-corrected chi connectivity index (χ0v) is 13.7. The van der Waals surface area contributed by atoms with Gasteiger partial charge in [-0.1, -0.05) is 44.6 Å². The highest BCUT2D eigenvalue weighted by Crippen LogP contribution is 2.36. The van der Waals surface area contributed by atoms with Gasteiger partial charge in [-0.3, -0.25) is 0 Å². The van der Waals surface area contributed by atoms with Gasteiger partial charge < -0.3 is 0 Å². The third-order valence-electron chi connectivity index (χ3n) is 4.95. The molecule has 0 spiro atoms. The predicted molar refractivity (Wildman–Crippen MR) is 91.8 cm³/mol. The Hall–Kier alpha value is -0.780. The van der Waals surface area contributed by atoms with Crippen LogP contribution in [0.3, 0.4) is 0 Å². The van der Waals surface area contributed by atoms with E-state index in [9.17, 15) is 0 Å². The lowest BCUT2D eigenvalue weighted by molar-refractivity contribution is 0.232. The number of allylic oxidation sites excluding steroid dienone is 4. The van der Waals surface area contributed by atoms with Crippen molar-refractivity contribution in [3.05, 3.63) is 37.5 Å². The summed E-state index contributed by atoms with van der Waals surface area (Å²) in [6.07, 6.45) is 19.5. The molecule has 0 aromatic rings. The lowest BCUT2D eigenvalue weighted by Gasteiger charge is -2.32. The maximum Gasteiger partial charge on any atom is -0.0208 e. The van der Waals surface area contributed by atoms with E-state index in [4.69, 9.17) is 0 Å². The fourth-order valence-corrected chi connectivity index (χ4v) is 3.34. The molecule has 4 atom stereocenters. The summed E-state index contributed by atoms with van der Waals surface area (Å²) in [4.78, 5) is 0. The molecule has 0 aromatic carbocycles. The van der Waals surface area contributed by atoms with Gasteiger partial charge in [0.2, 0.25) is 0 Å². The van der Waals surface area contributed by atoms with Crippen LogP contribution in [0, 0.1) is 23.7 Å². The molecule has 1 saturated carbocycles. The van der Waals surface area contributed by atoms with E-state index >= 15 is 0 Å². The number of unbranched alkanes of at least 4 members (excludes halogenated alkanes) is 1. The molecule has 0 N–H and O–H groups in total. The first-order valence-electron chi connectivity index (χ1n) is 8.55. The average Bonchev–Trinajstić information content (AvgIpc) is 2.45. The second-order valence-corrected chi connectivity index (χ2v) is 6.82. The van der Waals surface area contributed by atoms with Crippen molar-refractivity contribution in [1.29, 1.82) is 0 Å². The summed E-state index contributed by atoms with van der Waals surface area (Å²) in [5, 5.41) is 0. The van der Waals surface area contributed by atoms with Gasteiger partial charge in [-0.15, -0.1) is 13.2 Å². The second-order valence-electron chi connectivity index (χ2n) is 6.82. The fourth-order valence-electron chi connectivity index (χ4n) is 3.34. The van der Waals surface area contributed by atoms with E-state index in [0.29, 0.717) is 0 Å². The van der Waals surface area contributed by atoms with Crippen molar-refractivity contribution in [2.45, 2.75) is 65.2 Å². The van der Waals surface area contributed by atoms with Crippen LogP contribution in [0.5, 0.6) is 0 Å². The van der Waals surface area contributed by atoms with Crippen molar-refractivity contribution in [1.82, 2.24) is 0 Å². The lowest BCUT2D eigenvalue weighted by atomic mass is 9.74. The SMILES string of the molecule is C=CCCCC(C)C/C=C/CC1CCC(C)C(C=C)C1. The molecule has 4 unspecified atom stereocenters. The smallest absolute Gasteiger partial charge is 0.0208 e. The van der Waals surface area contributed by atoms with E-state index in [1.807, 2.05) is 6.08 Å². The Morgan fingerprint density at radius 2 is 2.00 bits per heavy atom. The van der Waals surface area contributed by atoms with Crippen molar-refractivity contribution in [3.8, 4) is 0 Å². The summed E-state index contributed by atoms with van der Waals surface area (Å²) in [6.45, 7) is 12.5. The van der Waals surface area contributed by atoms with E-state index in [2.05, 4.69) is 45.2 Å². The average molecular weight is 274 g/mol. The molecule has 114 valence electrons. The van der Waals surface area contributed by atoms with Crippen molar-refractivity contribution < 1.29 is 0 Å². The van der Waals surface area contributed by atoms with Crippen LogP contribution in [0.1, 0.15) is 65.2 Å². The van der Waals surface area contributed by atoms with E-state index in [1.165, 1.54) is 44.9 Å². The molecule has 0 amide bonds. The maximum atomic E-state index is 4.00. The Bertz CT molecular complexity index is 299. The highest BCUT2D eigenvalue weighted by molar-refractivity contribution is 4.92. The highest BCUT2D eigenvalue weighted by Gasteiger charge is 2.24. The molecule has 0 aromatic heterocycles. The Labute approximate surface area is 127 Å². The molecule has 0 radical (unpaired) electrons. The van der Waals surface area contributed by atoms with Crippen LogP contribution in [-0.4, -0.2) is 0 Å². The van der Waals surface area contributed by atoms with Crippen molar-refractivity contribution in [2.24, 2.45) is 23.7 Å². The summed E-state index contributed by atoms with van der Waals surface area (Å²) in [5.41, 5.74) is 0. The minimum Gasteiger partial charge on any atom is -0.103 e.